The molecule has 0 aliphatic heterocycles. The number of hydrogen-bond donors (Lipinski definition) is 0. The number of rotatable bonds is 5. The van der Waals surface area contributed by atoms with Crippen LogP contribution in [-0.2, 0) is 0 Å². The smallest absolute Gasteiger partial charge is 0.0490 e. The van der Waals surface area contributed by atoms with Gasteiger partial charge in [-0.25, -0.2) is 0 Å². The maximum absolute atomic E-state index is 2.35. The van der Waals surface area contributed by atoms with E-state index in [0.717, 1.165) is 24.2 Å². The molecule has 1 aliphatic carbocycles. The molecule has 4 aromatic rings. The zero-order valence-electron chi connectivity index (χ0n) is 18.4. The molecule has 0 saturated carbocycles. The number of allylic oxidation sites excluding steroid dienone is 4. The first-order chi connectivity index (χ1) is 15.8. The Morgan fingerprint density at radius 1 is 0.562 bits per heavy atom. The van der Waals surface area contributed by atoms with E-state index in [9.17, 15) is 0 Å². The molecule has 0 unspecified atom stereocenters. The lowest BCUT2D eigenvalue weighted by Crippen LogP contribution is -2.11. The Balaban J connectivity index is 1.54. The molecule has 1 aliphatic rings. The molecule has 5 rings (SSSR count). The average Bonchev–Trinajstić information content (AvgIpc) is 2.87. The summed E-state index contributed by atoms with van der Waals surface area (Å²) in [5.41, 5.74) is 9.82. The van der Waals surface area contributed by atoms with Gasteiger partial charge >= 0.3 is 0 Å². The first-order valence-corrected chi connectivity index (χ1v) is 11.3. The molecule has 1 heteroatoms. The van der Waals surface area contributed by atoms with Gasteiger partial charge in [-0.3, -0.25) is 0 Å². The fourth-order valence-corrected chi connectivity index (χ4v) is 4.31. The topological polar surface area (TPSA) is 3.24 Å². The fourth-order valence-electron chi connectivity index (χ4n) is 4.31. The largest absolute Gasteiger partial charge is 0.310 e. The van der Waals surface area contributed by atoms with Crippen LogP contribution >= 0.6 is 0 Å². The minimum absolute atomic E-state index is 1.12. The Morgan fingerprint density at radius 3 is 1.78 bits per heavy atom. The van der Waals surface area contributed by atoms with Crippen LogP contribution in [0.4, 0.5) is 17.1 Å². The average molecular weight is 414 g/mol. The van der Waals surface area contributed by atoms with Crippen LogP contribution in [0, 0.1) is 6.92 Å². The minimum atomic E-state index is 1.12. The van der Waals surface area contributed by atoms with Gasteiger partial charge in [0, 0.05) is 17.1 Å². The number of nitrogens with zero attached hydrogens (tertiary/aromatic N) is 1. The Labute approximate surface area is 191 Å². The van der Waals surface area contributed by atoms with Gasteiger partial charge in [0.1, 0.15) is 0 Å². The van der Waals surface area contributed by atoms with Crippen LogP contribution in [0.3, 0.4) is 0 Å². The summed E-state index contributed by atoms with van der Waals surface area (Å²) < 4.78 is 0. The van der Waals surface area contributed by atoms with Crippen molar-refractivity contribution in [2.24, 2.45) is 0 Å². The Hall–Kier alpha value is -3.84. The van der Waals surface area contributed by atoms with Crippen molar-refractivity contribution in [2.75, 3.05) is 4.90 Å². The van der Waals surface area contributed by atoms with Crippen LogP contribution in [0.25, 0.3) is 16.7 Å². The van der Waals surface area contributed by atoms with E-state index in [2.05, 4.69) is 133 Å². The molecular formula is C31H27N. The van der Waals surface area contributed by atoms with Gasteiger partial charge in [0.25, 0.3) is 0 Å². The van der Waals surface area contributed by atoms with Gasteiger partial charge in [0.05, 0.1) is 0 Å². The summed E-state index contributed by atoms with van der Waals surface area (Å²) in [5.74, 6) is 0. The quantitative estimate of drug-likeness (QED) is 0.316. The highest BCUT2D eigenvalue weighted by Crippen LogP contribution is 2.38. The van der Waals surface area contributed by atoms with Crippen molar-refractivity contribution in [3.8, 4) is 11.1 Å². The Morgan fingerprint density at radius 2 is 1.16 bits per heavy atom. The van der Waals surface area contributed by atoms with E-state index in [-0.39, 0.29) is 0 Å². The second-order valence-electron chi connectivity index (χ2n) is 8.22. The fraction of sp³-hybridized carbons (Fsp3) is 0.0968. The molecule has 1 nitrogen and oxygen atoms in total. The molecule has 0 atom stereocenters. The Kier molecular flexibility index (Phi) is 5.72. The first-order valence-electron chi connectivity index (χ1n) is 11.3. The molecule has 32 heavy (non-hydrogen) atoms. The highest BCUT2D eigenvalue weighted by molar-refractivity contribution is 5.82. The number of aryl methyl sites for hydroxylation is 1. The SMILES string of the molecule is Cc1ccccc1N(c1ccc(C2=CCCC=C2)cc1)c1ccc(-c2ccccc2)cc1. The van der Waals surface area contributed by atoms with Gasteiger partial charge in [0.2, 0.25) is 0 Å². The van der Waals surface area contributed by atoms with Crippen LogP contribution in [0.1, 0.15) is 24.0 Å². The van der Waals surface area contributed by atoms with E-state index in [0.29, 0.717) is 0 Å². The second kappa shape index (κ2) is 9.11. The van der Waals surface area contributed by atoms with E-state index < -0.39 is 0 Å². The summed E-state index contributed by atoms with van der Waals surface area (Å²) in [6.45, 7) is 2.17. The van der Waals surface area contributed by atoms with Gasteiger partial charge in [0.15, 0.2) is 0 Å². The predicted molar refractivity (Wildman–Crippen MR) is 138 cm³/mol. The van der Waals surface area contributed by atoms with E-state index in [1.54, 1.807) is 0 Å². The van der Waals surface area contributed by atoms with E-state index in [1.807, 2.05) is 0 Å². The molecule has 0 saturated heterocycles. The predicted octanol–water partition coefficient (Wildman–Crippen LogP) is 8.87. The molecular weight excluding hydrogens is 386 g/mol. The Bertz CT molecular complexity index is 1250. The highest BCUT2D eigenvalue weighted by Gasteiger charge is 2.15. The number of para-hydroxylation sites is 1. The summed E-state index contributed by atoms with van der Waals surface area (Å²) >= 11 is 0. The van der Waals surface area contributed by atoms with E-state index in [4.69, 9.17) is 0 Å². The monoisotopic (exact) mass is 413 g/mol. The summed E-state index contributed by atoms with van der Waals surface area (Å²) in [6.07, 6.45) is 9.09. The van der Waals surface area contributed by atoms with E-state index in [1.165, 1.54) is 33.5 Å². The molecule has 0 bridgehead atoms. The van der Waals surface area contributed by atoms with E-state index >= 15 is 0 Å². The molecule has 0 N–H and O–H groups in total. The second-order valence-corrected chi connectivity index (χ2v) is 8.22. The number of benzene rings is 4. The molecule has 156 valence electrons. The normalized spacial score (nSPS) is 13.0. The van der Waals surface area contributed by atoms with Crippen LogP contribution in [-0.4, -0.2) is 0 Å². The van der Waals surface area contributed by atoms with Crippen molar-refractivity contribution in [2.45, 2.75) is 19.8 Å². The summed E-state index contributed by atoms with van der Waals surface area (Å²) in [5, 5.41) is 0. The molecule has 0 radical (unpaired) electrons. The van der Waals surface area contributed by atoms with Gasteiger partial charge in [-0.1, -0.05) is 91.0 Å². The summed E-state index contributed by atoms with van der Waals surface area (Å²) in [7, 11) is 0. The van der Waals surface area contributed by atoms with Gasteiger partial charge in [-0.15, -0.1) is 0 Å². The first kappa shape index (κ1) is 20.1. The molecule has 0 spiro atoms. The summed E-state index contributed by atoms with van der Waals surface area (Å²) in [6, 6.07) is 36.9. The van der Waals surface area contributed by atoms with Crippen LogP contribution in [0.15, 0.2) is 121 Å². The lowest BCUT2D eigenvalue weighted by Gasteiger charge is -2.27. The van der Waals surface area contributed by atoms with Crippen molar-refractivity contribution < 1.29 is 0 Å². The van der Waals surface area contributed by atoms with Crippen molar-refractivity contribution in [1.29, 1.82) is 0 Å². The van der Waals surface area contributed by atoms with Gasteiger partial charge < -0.3 is 4.90 Å². The van der Waals surface area contributed by atoms with Crippen LogP contribution < -0.4 is 4.90 Å². The van der Waals surface area contributed by atoms with Crippen molar-refractivity contribution >= 4 is 22.6 Å². The maximum Gasteiger partial charge on any atom is 0.0490 e. The third kappa shape index (κ3) is 4.15. The highest BCUT2D eigenvalue weighted by atomic mass is 15.1. The standard InChI is InChI=1S/C31H27N/c1-24-10-8-9-15-31(24)32(29-20-16-27(17-21-29)25-11-4-2-5-12-25)30-22-18-28(19-23-30)26-13-6-3-7-14-26/h2,4-6,8-23H,3,7H2,1H3. The zero-order valence-corrected chi connectivity index (χ0v) is 18.4. The molecule has 0 amide bonds. The molecule has 0 fully saturated rings. The lowest BCUT2D eigenvalue weighted by molar-refractivity contribution is 1.04. The van der Waals surface area contributed by atoms with Gasteiger partial charge in [-0.05, 0) is 77.9 Å². The van der Waals surface area contributed by atoms with Crippen molar-refractivity contribution in [3.05, 3.63) is 132 Å². The van der Waals surface area contributed by atoms with Crippen LogP contribution in [0.5, 0.6) is 0 Å². The summed E-state index contributed by atoms with van der Waals surface area (Å²) in [4.78, 5) is 2.35. The minimum Gasteiger partial charge on any atom is -0.310 e. The van der Waals surface area contributed by atoms with Crippen LogP contribution in [0.2, 0.25) is 0 Å². The van der Waals surface area contributed by atoms with Crippen molar-refractivity contribution in [3.63, 3.8) is 0 Å². The number of hydrogen-bond acceptors (Lipinski definition) is 1. The van der Waals surface area contributed by atoms with Gasteiger partial charge in [-0.2, -0.15) is 0 Å². The molecule has 0 aromatic heterocycles. The number of anilines is 3. The molecule has 0 heterocycles. The zero-order chi connectivity index (χ0) is 21.8. The lowest BCUT2D eigenvalue weighted by atomic mass is 9.99. The molecule has 4 aromatic carbocycles. The third-order valence-corrected chi connectivity index (χ3v) is 6.04. The van der Waals surface area contributed by atoms with Crippen molar-refractivity contribution in [1.82, 2.24) is 0 Å². The third-order valence-electron chi connectivity index (χ3n) is 6.04. The maximum atomic E-state index is 2.35.